The zero-order valence-corrected chi connectivity index (χ0v) is 16.6. The van der Waals surface area contributed by atoms with E-state index in [1.807, 2.05) is 31.2 Å². The van der Waals surface area contributed by atoms with E-state index < -0.39 is 0 Å². The summed E-state index contributed by atoms with van der Waals surface area (Å²) >= 11 is 11.9. The SMILES string of the molecule is Cc1ccccc1CNC(=O)c1ccccc1NC(=O)c1ccc(Cl)c(Cl)c1. The van der Waals surface area contributed by atoms with Gasteiger partial charge in [0.15, 0.2) is 0 Å². The van der Waals surface area contributed by atoms with E-state index in [4.69, 9.17) is 23.2 Å². The molecule has 0 spiro atoms. The molecule has 142 valence electrons. The largest absolute Gasteiger partial charge is 0.348 e. The van der Waals surface area contributed by atoms with E-state index in [2.05, 4.69) is 10.6 Å². The molecule has 0 aliphatic carbocycles. The highest BCUT2D eigenvalue weighted by Gasteiger charge is 2.15. The van der Waals surface area contributed by atoms with Gasteiger partial charge in [-0.05, 0) is 48.4 Å². The molecule has 0 atom stereocenters. The van der Waals surface area contributed by atoms with Crippen molar-refractivity contribution in [3.05, 3.63) is 99.0 Å². The Labute approximate surface area is 173 Å². The minimum atomic E-state index is -0.377. The topological polar surface area (TPSA) is 58.2 Å². The Morgan fingerprint density at radius 3 is 2.32 bits per heavy atom. The lowest BCUT2D eigenvalue weighted by atomic mass is 10.1. The third kappa shape index (κ3) is 4.71. The van der Waals surface area contributed by atoms with Crippen molar-refractivity contribution in [3.63, 3.8) is 0 Å². The summed E-state index contributed by atoms with van der Waals surface area (Å²) in [7, 11) is 0. The van der Waals surface area contributed by atoms with Gasteiger partial charge in [-0.25, -0.2) is 0 Å². The number of rotatable bonds is 5. The predicted molar refractivity (Wildman–Crippen MR) is 113 cm³/mol. The van der Waals surface area contributed by atoms with Crippen molar-refractivity contribution in [3.8, 4) is 0 Å². The van der Waals surface area contributed by atoms with Gasteiger partial charge in [-0.15, -0.1) is 0 Å². The molecule has 0 aliphatic heterocycles. The van der Waals surface area contributed by atoms with Gasteiger partial charge in [0, 0.05) is 12.1 Å². The Balaban J connectivity index is 1.75. The number of amides is 2. The van der Waals surface area contributed by atoms with E-state index in [1.165, 1.54) is 6.07 Å². The molecule has 2 amide bonds. The highest BCUT2D eigenvalue weighted by atomic mass is 35.5. The lowest BCUT2D eigenvalue weighted by Gasteiger charge is -2.12. The van der Waals surface area contributed by atoms with Gasteiger partial charge in [0.25, 0.3) is 11.8 Å². The molecule has 0 aromatic heterocycles. The number of carbonyl (C=O) groups is 2. The van der Waals surface area contributed by atoms with Crippen LogP contribution in [-0.2, 0) is 6.54 Å². The van der Waals surface area contributed by atoms with Crippen LogP contribution in [0.25, 0.3) is 0 Å². The van der Waals surface area contributed by atoms with Gasteiger partial charge < -0.3 is 10.6 Å². The maximum atomic E-state index is 12.7. The number of para-hydroxylation sites is 1. The summed E-state index contributed by atoms with van der Waals surface area (Å²) in [6.45, 7) is 2.40. The van der Waals surface area contributed by atoms with E-state index in [-0.39, 0.29) is 11.8 Å². The summed E-state index contributed by atoms with van der Waals surface area (Å²) in [5.41, 5.74) is 3.28. The van der Waals surface area contributed by atoms with Crippen LogP contribution in [0.5, 0.6) is 0 Å². The Hall–Kier alpha value is -2.82. The molecule has 0 bridgehead atoms. The monoisotopic (exact) mass is 412 g/mol. The van der Waals surface area contributed by atoms with E-state index in [9.17, 15) is 9.59 Å². The van der Waals surface area contributed by atoms with Crippen LogP contribution < -0.4 is 10.6 Å². The van der Waals surface area contributed by atoms with Crippen LogP contribution in [0.2, 0.25) is 10.0 Å². The van der Waals surface area contributed by atoms with E-state index in [1.54, 1.807) is 36.4 Å². The zero-order chi connectivity index (χ0) is 20.1. The van der Waals surface area contributed by atoms with Crippen molar-refractivity contribution in [2.24, 2.45) is 0 Å². The quantitative estimate of drug-likeness (QED) is 0.582. The molecular formula is C22H18Cl2N2O2. The molecule has 0 saturated heterocycles. The Kier molecular flexibility index (Phi) is 6.34. The van der Waals surface area contributed by atoms with Crippen LogP contribution in [0, 0.1) is 6.92 Å². The molecule has 0 radical (unpaired) electrons. The molecule has 0 heterocycles. The summed E-state index contributed by atoms with van der Waals surface area (Å²) in [6, 6.07) is 19.3. The maximum absolute atomic E-state index is 12.7. The second-order valence-corrected chi connectivity index (χ2v) is 7.05. The first-order chi connectivity index (χ1) is 13.5. The first kappa shape index (κ1) is 19.9. The summed E-state index contributed by atoms with van der Waals surface area (Å²) < 4.78 is 0. The molecule has 28 heavy (non-hydrogen) atoms. The zero-order valence-electron chi connectivity index (χ0n) is 15.1. The summed E-state index contributed by atoms with van der Waals surface area (Å²) in [5.74, 6) is -0.647. The van der Waals surface area contributed by atoms with Gasteiger partial charge in [-0.3, -0.25) is 9.59 Å². The minimum absolute atomic E-state index is 0.270. The molecular weight excluding hydrogens is 395 g/mol. The molecule has 3 rings (SSSR count). The van der Waals surface area contributed by atoms with Gasteiger partial charge >= 0.3 is 0 Å². The van der Waals surface area contributed by atoms with Crippen molar-refractivity contribution in [2.75, 3.05) is 5.32 Å². The summed E-state index contributed by atoms with van der Waals surface area (Å²) in [5, 5.41) is 6.32. The van der Waals surface area contributed by atoms with Gasteiger partial charge in [0.1, 0.15) is 0 Å². The molecule has 0 aliphatic rings. The lowest BCUT2D eigenvalue weighted by Crippen LogP contribution is -2.25. The second kappa shape index (κ2) is 8.91. The van der Waals surface area contributed by atoms with Crippen LogP contribution in [0.4, 0.5) is 5.69 Å². The lowest BCUT2D eigenvalue weighted by molar-refractivity contribution is 0.0951. The van der Waals surface area contributed by atoms with Gasteiger partial charge in [0.05, 0.1) is 21.3 Å². The number of benzene rings is 3. The van der Waals surface area contributed by atoms with Gasteiger partial charge in [0.2, 0.25) is 0 Å². The maximum Gasteiger partial charge on any atom is 0.255 e. The van der Waals surface area contributed by atoms with E-state index in [0.717, 1.165) is 11.1 Å². The van der Waals surface area contributed by atoms with Crippen LogP contribution in [0.1, 0.15) is 31.8 Å². The molecule has 6 heteroatoms. The number of nitrogens with one attached hydrogen (secondary N) is 2. The first-order valence-electron chi connectivity index (χ1n) is 8.64. The average molecular weight is 413 g/mol. The van der Waals surface area contributed by atoms with Crippen LogP contribution in [0.3, 0.4) is 0 Å². The predicted octanol–water partition coefficient (Wildman–Crippen LogP) is 5.48. The minimum Gasteiger partial charge on any atom is -0.348 e. The number of carbonyl (C=O) groups excluding carboxylic acids is 2. The van der Waals surface area contributed by atoms with Crippen molar-refractivity contribution in [1.29, 1.82) is 0 Å². The number of hydrogen-bond donors (Lipinski definition) is 2. The first-order valence-corrected chi connectivity index (χ1v) is 9.39. The van der Waals surface area contributed by atoms with Crippen molar-refractivity contribution < 1.29 is 9.59 Å². The van der Waals surface area contributed by atoms with Crippen molar-refractivity contribution >= 4 is 40.7 Å². The summed E-state index contributed by atoms with van der Waals surface area (Å²) in [6.07, 6.45) is 0. The van der Waals surface area contributed by atoms with Crippen LogP contribution in [-0.4, -0.2) is 11.8 Å². The smallest absolute Gasteiger partial charge is 0.255 e. The fraction of sp³-hybridized carbons (Fsp3) is 0.0909. The Morgan fingerprint density at radius 2 is 1.57 bits per heavy atom. The van der Waals surface area contributed by atoms with Crippen LogP contribution in [0.15, 0.2) is 66.7 Å². The Morgan fingerprint density at radius 1 is 0.857 bits per heavy atom. The van der Waals surface area contributed by atoms with E-state index >= 15 is 0 Å². The average Bonchev–Trinajstić information content (AvgIpc) is 2.69. The van der Waals surface area contributed by atoms with Crippen molar-refractivity contribution in [1.82, 2.24) is 5.32 Å². The molecule has 0 unspecified atom stereocenters. The van der Waals surface area contributed by atoms with Crippen LogP contribution >= 0.6 is 23.2 Å². The molecule has 4 nitrogen and oxygen atoms in total. The molecule has 3 aromatic rings. The number of anilines is 1. The number of halogens is 2. The van der Waals surface area contributed by atoms with Gasteiger partial charge in [-0.1, -0.05) is 59.6 Å². The Bertz CT molecular complexity index is 1030. The van der Waals surface area contributed by atoms with Crippen molar-refractivity contribution in [2.45, 2.75) is 13.5 Å². The highest BCUT2D eigenvalue weighted by molar-refractivity contribution is 6.42. The third-order valence-electron chi connectivity index (χ3n) is 4.30. The highest BCUT2D eigenvalue weighted by Crippen LogP contribution is 2.24. The number of aryl methyl sites for hydroxylation is 1. The summed E-state index contributed by atoms with van der Waals surface area (Å²) in [4.78, 5) is 25.2. The van der Waals surface area contributed by atoms with E-state index in [0.29, 0.717) is 33.4 Å². The molecule has 0 fully saturated rings. The normalized spacial score (nSPS) is 10.4. The molecule has 2 N–H and O–H groups in total. The third-order valence-corrected chi connectivity index (χ3v) is 5.04. The number of hydrogen-bond acceptors (Lipinski definition) is 2. The fourth-order valence-corrected chi connectivity index (χ4v) is 3.00. The standard InChI is InChI=1S/C22H18Cl2N2O2/c1-14-6-2-3-7-16(14)13-25-22(28)17-8-4-5-9-20(17)26-21(27)15-10-11-18(23)19(24)12-15/h2-12H,13H2,1H3,(H,25,28)(H,26,27). The second-order valence-electron chi connectivity index (χ2n) is 6.24. The molecule has 3 aromatic carbocycles. The fourth-order valence-electron chi connectivity index (χ4n) is 2.70. The van der Waals surface area contributed by atoms with Gasteiger partial charge in [-0.2, -0.15) is 0 Å². The molecule has 0 saturated carbocycles.